The van der Waals surface area contributed by atoms with Gasteiger partial charge in [0.15, 0.2) is 10.3 Å². The SMILES string of the molecule is CC1SC(N(C)C)=NC1(N)Cl. The zero-order valence-corrected chi connectivity index (χ0v) is 8.41. The van der Waals surface area contributed by atoms with E-state index in [4.69, 9.17) is 17.3 Å². The van der Waals surface area contributed by atoms with Crippen molar-refractivity contribution in [1.29, 1.82) is 0 Å². The van der Waals surface area contributed by atoms with Crippen LogP contribution in [-0.2, 0) is 0 Å². The van der Waals surface area contributed by atoms with Gasteiger partial charge >= 0.3 is 0 Å². The first-order valence-electron chi connectivity index (χ1n) is 3.35. The molecule has 11 heavy (non-hydrogen) atoms. The van der Waals surface area contributed by atoms with Gasteiger partial charge in [-0.1, -0.05) is 23.4 Å². The first-order chi connectivity index (χ1) is 4.93. The number of aliphatic imine (C=N–C) groups is 1. The minimum absolute atomic E-state index is 0.140. The van der Waals surface area contributed by atoms with Crippen molar-refractivity contribution in [2.45, 2.75) is 17.3 Å². The van der Waals surface area contributed by atoms with Crippen molar-refractivity contribution in [1.82, 2.24) is 4.90 Å². The fourth-order valence-electron chi connectivity index (χ4n) is 0.710. The first kappa shape index (κ1) is 9.16. The second-order valence-electron chi connectivity index (χ2n) is 2.78. The number of nitrogens with zero attached hydrogens (tertiary/aromatic N) is 2. The molecule has 0 spiro atoms. The van der Waals surface area contributed by atoms with Gasteiger partial charge in [-0.15, -0.1) is 0 Å². The maximum atomic E-state index is 5.90. The summed E-state index contributed by atoms with van der Waals surface area (Å²) in [6.45, 7) is 1.97. The van der Waals surface area contributed by atoms with Crippen molar-refractivity contribution < 1.29 is 0 Å². The lowest BCUT2D eigenvalue weighted by Crippen LogP contribution is -2.37. The lowest BCUT2D eigenvalue weighted by molar-refractivity contribution is 0.600. The molecule has 0 fully saturated rings. The van der Waals surface area contributed by atoms with Crippen LogP contribution in [0.2, 0.25) is 0 Å². The van der Waals surface area contributed by atoms with E-state index in [-0.39, 0.29) is 5.25 Å². The molecule has 2 unspecified atom stereocenters. The topological polar surface area (TPSA) is 41.6 Å². The Balaban J connectivity index is 2.76. The first-order valence-corrected chi connectivity index (χ1v) is 4.61. The molecular weight excluding hydrogens is 182 g/mol. The van der Waals surface area contributed by atoms with Crippen molar-refractivity contribution in [3.63, 3.8) is 0 Å². The van der Waals surface area contributed by atoms with Crippen molar-refractivity contribution in [2.75, 3.05) is 14.1 Å². The van der Waals surface area contributed by atoms with Gasteiger partial charge in [0.1, 0.15) is 0 Å². The fraction of sp³-hybridized carbons (Fsp3) is 0.833. The molecule has 2 N–H and O–H groups in total. The smallest absolute Gasteiger partial charge is 0.198 e. The summed E-state index contributed by atoms with van der Waals surface area (Å²) in [5, 5.41) is 0.126. The molecular formula is C6H12ClN3S. The summed E-state index contributed by atoms with van der Waals surface area (Å²) in [4.78, 5) is 6.06. The number of hydrogen-bond acceptors (Lipinski definition) is 4. The second-order valence-corrected chi connectivity index (χ2v) is 4.69. The van der Waals surface area contributed by atoms with Crippen molar-refractivity contribution in [3.05, 3.63) is 0 Å². The number of hydrogen-bond donors (Lipinski definition) is 1. The molecule has 0 amide bonds. The molecule has 3 nitrogen and oxygen atoms in total. The highest BCUT2D eigenvalue weighted by Crippen LogP contribution is 2.34. The maximum Gasteiger partial charge on any atom is 0.198 e. The molecule has 5 heteroatoms. The number of nitrogens with two attached hydrogens (primary N) is 1. The molecule has 0 radical (unpaired) electrons. The highest BCUT2D eigenvalue weighted by molar-refractivity contribution is 8.14. The molecule has 0 aromatic carbocycles. The van der Waals surface area contributed by atoms with Crippen molar-refractivity contribution in [3.8, 4) is 0 Å². The van der Waals surface area contributed by atoms with Gasteiger partial charge in [-0.3, -0.25) is 5.73 Å². The quantitative estimate of drug-likeness (QED) is 0.459. The van der Waals surface area contributed by atoms with Crippen LogP contribution < -0.4 is 5.73 Å². The normalized spacial score (nSPS) is 37.2. The van der Waals surface area contributed by atoms with E-state index in [0.29, 0.717) is 0 Å². The Bertz CT molecular complexity index is 190. The van der Waals surface area contributed by atoms with E-state index >= 15 is 0 Å². The number of alkyl halides is 1. The summed E-state index contributed by atoms with van der Waals surface area (Å²) >= 11 is 7.50. The number of amidine groups is 1. The third-order valence-corrected chi connectivity index (χ3v) is 3.42. The molecule has 2 atom stereocenters. The van der Waals surface area contributed by atoms with Gasteiger partial charge < -0.3 is 4.90 Å². The monoisotopic (exact) mass is 193 g/mol. The van der Waals surface area contributed by atoms with Crippen LogP contribution in [0, 0.1) is 0 Å². The van der Waals surface area contributed by atoms with Gasteiger partial charge in [0.2, 0.25) is 0 Å². The largest absolute Gasteiger partial charge is 0.358 e. The van der Waals surface area contributed by atoms with Gasteiger partial charge in [0, 0.05) is 14.1 Å². The molecule has 0 bridgehead atoms. The van der Waals surface area contributed by atoms with E-state index in [2.05, 4.69) is 4.99 Å². The molecule has 0 aliphatic carbocycles. The Morgan fingerprint density at radius 3 is 2.45 bits per heavy atom. The predicted molar refractivity (Wildman–Crippen MR) is 50.9 cm³/mol. The van der Waals surface area contributed by atoms with E-state index in [1.54, 1.807) is 11.8 Å². The highest BCUT2D eigenvalue weighted by Gasteiger charge is 2.37. The highest BCUT2D eigenvalue weighted by atomic mass is 35.5. The summed E-state index contributed by atoms with van der Waals surface area (Å²) in [7, 11) is 3.85. The molecule has 0 aromatic heterocycles. The van der Waals surface area contributed by atoms with Crippen LogP contribution in [0.4, 0.5) is 0 Å². The third kappa shape index (κ3) is 1.80. The summed E-state index contributed by atoms with van der Waals surface area (Å²) < 4.78 is 0. The average molecular weight is 194 g/mol. The summed E-state index contributed by atoms with van der Waals surface area (Å²) in [5.41, 5.74) is 5.68. The molecule has 64 valence electrons. The van der Waals surface area contributed by atoms with Crippen molar-refractivity contribution in [2.24, 2.45) is 10.7 Å². The predicted octanol–water partition coefficient (Wildman–Crippen LogP) is 0.891. The van der Waals surface area contributed by atoms with Gasteiger partial charge in [-0.2, -0.15) is 0 Å². The van der Waals surface area contributed by atoms with E-state index in [1.807, 2.05) is 25.9 Å². The molecule has 0 saturated heterocycles. The van der Waals surface area contributed by atoms with Crippen molar-refractivity contribution >= 4 is 28.5 Å². The van der Waals surface area contributed by atoms with E-state index < -0.39 is 5.12 Å². The van der Waals surface area contributed by atoms with Crippen LogP contribution >= 0.6 is 23.4 Å². The summed E-state index contributed by atoms with van der Waals surface area (Å²) in [6, 6.07) is 0. The number of halogens is 1. The molecule has 1 heterocycles. The van der Waals surface area contributed by atoms with E-state index in [0.717, 1.165) is 5.17 Å². The zero-order chi connectivity index (χ0) is 8.65. The Hall–Kier alpha value is 0.0700. The van der Waals surface area contributed by atoms with E-state index in [1.165, 1.54) is 0 Å². The second kappa shape index (κ2) is 2.84. The lowest BCUT2D eigenvalue weighted by atomic mass is 10.4. The molecule has 1 rings (SSSR count). The Morgan fingerprint density at radius 1 is 1.73 bits per heavy atom. The van der Waals surface area contributed by atoms with Crippen LogP contribution in [0.15, 0.2) is 4.99 Å². The van der Waals surface area contributed by atoms with Gasteiger partial charge in [0.05, 0.1) is 5.25 Å². The van der Waals surface area contributed by atoms with Crippen LogP contribution in [0.5, 0.6) is 0 Å². The Labute approximate surface area is 76.0 Å². The molecule has 0 saturated carbocycles. The fourth-order valence-corrected chi connectivity index (χ4v) is 1.92. The van der Waals surface area contributed by atoms with Gasteiger partial charge in [-0.05, 0) is 6.92 Å². The Kier molecular flexibility index (Phi) is 2.37. The molecule has 1 aliphatic heterocycles. The van der Waals surface area contributed by atoms with Crippen LogP contribution in [-0.4, -0.2) is 34.5 Å². The summed E-state index contributed by atoms with van der Waals surface area (Å²) in [6.07, 6.45) is 0. The van der Waals surface area contributed by atoms with E-state index in [9.17, 15) is 0 Å². The van der Waals surface area contributed by atoms with Gasteiger partial charge in [-0.25, -0.2) is 4.99 Å². The molecule has 1 aliphatic rings. The molecule has 0 aromatic rings. The van der Waals surface area contributed by atoms with Gasteiger partial charge in [0.25, 0.3) is 0 Å². The average Bonchev–Trinajstić information content (AvgIpc) is 2.08. The summed E-state index contributed by atoms with van der Waals surface area (Å²) in [5.74, 6) is 0. The number of rotatable bonds is 0. The maximum absolute atomic E-state index is 5.90. The van der Waals surface area contributed by atoms with Crippen LogP contribution in [0.1, 0.15) is 6.92 Å². The number of thioether (sulfide) groups is 1. The Morgan fingerprint density at radius 2 is 2.27 bits per heavy atom. The standard InChI is InChI=1S/C6H12ClN3S/c1-4-6(7,8)9-5(11-4)10(2)3/h4H,8H2,1-3H3. The van der Waals surface area contributed by atoms with Crippen LogP contribution in [0.3, 0.4) is 0 Å². The minimum Gasteiger partial charge on any atom is -0.358 e. The lowest BCUT2D eigenvalue weighted by Gasteiger charge is -2.15. The minimum atomic E-state index is -0.912. The third-order valence-electron chi connectivity index (χ3n) is 1.50. The van der Waals surface area contributed by atoms with Crippen LogP contribution in [0.25, 0.3) is 0 Å². The zero-order valence-electron chi connectivity index (χ0n) is 6.84.